The van der Waals surface area contributed by atoms with Crippen molar-refractivity contribution in [2.75, 3.05) is 70.1 Å². The first-order valence-electron chi connectivity index (χ1n) is 30.4. The second-order valence-corrected chi connectivity index (χ2v) is 23.5. The Morgan fingerprint density at radius 2 is 0.727 bits per heavy atom. The van der Waals surface area contributed by atoms with E-state index in [1.54, 1.807) is 24.3 Å². The molecule has 436 valence electrons. The Balaban J connectivity index is 1.37. The number of thioether (sulfide) groups is 2. The molecule has 77 heavy (non-hydrogen) atoms. The first-order chi connectivity index (χ1) is 37.7. The van der Waals surface area contributed by atoms with E-state index in [1.807, 2.05) is 47.8 Å². The number of allylic oxidation sites excluding steroid dienone is 4. The molecule has 0 unspecified atom stereocenters. The summed E-state index contributed by atoms with van der Waals surface area (Å²) in [4.78, 5) is 54.2. The summed E-state index contributed by atoms with van der Waals surface area (Å²) < 4.78 is 22.1. The predicted octanol–water partition coefficient (Wildman–Crippen LogP) is 16.5. The Labute approximate surface area is 477 Å². The largest absolute Gasteiger partial charge is 0.465 e. The summed E-state index contributed by atoms with van der Waals surface area (Å²) in [6.45, 7) is 8.99. The van der Waals surface area contributed by atoms with Gasteiger partial charge in [-0.15, -0.1) is 23.5 Å². The van der Waals surface area contributed by atoms with E-state index < -0.39 is 0 Å². The number of rotatable bonds is 52. The van der Waals surface area contributed by atoms with Gasteiger partial charge in [-0.1, -0.05) is 165 Å². The quantitative estimate of drug-likeness (QED) is 0.0207. The van der Waals surface area contributed by atoms with Crippen molar-refractivity contribution in [3.63, 3.8) is 0 Å². The molecule has 0 aliphatic heterocycles. The van der Waals surface area contributed by atoms with Crippen LogP contribution in [0.25, 0.3) is 0 Å². The Kier molecular flexibility index (Phi) is 45.7. The van der Waals surface area contributed by atoms with E-state index in [0.717, 1.165) is 118 Å². The third-order valence-electron chi connectivity index (χ3n) is 13.6. The molecule has 0 aromatic heterocycles. The third-order valence-corrected chi connectivity index (χ3v) is 15.9. The molecule has 0 fully saturated rings. The molecule has 2 aromatic rings. The fourth-order valence-corrected chi connectivity index (χ4v) is 11.0. The van der Waals surface area contributed by atoms with Crippen LogP contribution in [-0.4, -0.2) is 104 Å². The molecule has 0 N–H and O–H groups in total. The highest BCUT2D eigenvalue weighted by Crippen LogP contribution is 2.18. The second kappa shape index (κ2) is 50.6. The van der Waals surface area contributed by atoms with Gasteiger partial charge >= 0.3 is 23.9 Å². The number of esters is 4. The zero-order chi connectivity index (χ0) is 55.5. The van der Waals surface area contributed by atoms with Gasteiger partial charge in [0.15, 0.2) is 0 Å². The van der Waals surface area contributed by atoms with Crippen LogP contribution in [0.15, 0.2) is 72.8 Å². The highest BCUT2D eigenvalue weighted by Gasteiger charge is 2.11. The predicted molar refractivity (Wildman–Crippen MR) is 326 cm³/mol. The highest BCUT2D eigenvalue weighted by molar-refractivity contribution is 8.16. The standard InChI is InChI=1S/C65H106N2O8S2/c1-5-7-9-11-13-15-17-19-21-23-25-27-29-31-33-37-62(68)74-60-43-39-58(40-44-60)55-64(70)72-51-35-47-66(3)49-53-76-57-77-54-50-67(4)48-36-52-73-65(71)56-59-41-45-61(46-42-59)75-63(69)38-34-32-30-28-26-24-22-20-18-16-14-12-10-8-6-2/h19-22,39-46H,5-18,23-38,47-57H2,1-4H3/b21-19-,22-20-. The van der Waals surface area contributed by atoms with Crippen LogP contribution in [0.2, 0.25) is 0 Å². The minimum Gasteiger partial charge on any atom is -0.465 e. The lowest BCUT2D eigenvalue weighted by atomic mass is 10.1. The number of unbranched alkanes of at least 4 members (excludes halogenated alkanes) is 22. The highest BCUT2D eigenvalue weighted by atomic mass is 32.2. The van der Waals surface area contributed by atoms with Crippen LogP contribution in [0, 0.1) is 0 Å². The van der Waals surface area contributed by atoms with Crippen molar-refractivity contribution in [1.29, 1.82) is 0 Å². The first-order valence-corrected chi connectivity index (χ1v) is 32.7. The summed E-state index contributed by atoms with van der Waals surface area (Å²) in [5, 5.41) is 1.04. The summed E-state index contributed by atoms with van der Waals surface area (Å²) in [6, 6.07) is 14.3. The Morgan fingerprint density at radius 1 is 0.403 bits per heavy atom. The minimum absolute atomic E-state index is 0.191. The van der Waals surface area contributed by atoms with Crippen LogP contribution < -0.4 is 9.47 Å². The number of ether oxygens (including phenoxy) is 4. The summed E-state index contributed by atoms with van der Waals surface area (Å²) in [5.41, 5.74) is 1.67. The van der Waals surface area contributed by atoms with Gasteiger partial charge in [-0.25, -0.2) is 0 Å². The number of hydrogen-bond acceptors (Lipinski definition) is 12. The minimum atomic E-state index is -0.252. The summed E-state index contributed by atoms with van der Waals surface area (Å²) >= 11 is 3.88. The normalized spacial score (nSPS) is 11.6. The number of hydrogen-bond donors (Lipinski definition) is 0. The molecule has 0 aliphatic carbocycles. The third kappa shape index (κ3) is 43.9. The zero-order valence-electron chi connectivity index (χ0n) is 48.9. The molecule has 0 radical (unpaired) electrons. The number of carbonyl (C=O) groups is 4. The fraction of sp³-hybridized carbons (Fsp3) is 0.692. The van der Waals surface area contributed by atoms with Gasteiger partial charge in [0, 0.05) is 55.6 Å². The first kappa shape index (κ1) is 69.5. The van der Waals surface area contributed by atoms with Crippen molar-refractivity contribution in [3.8, 4) is 11.5 Å². The van der Waals surface area contributed by atoms with Crippen LogP contribution in [-0.2, 0) is 41.5 Å². The van der Waals surface area contributed by atoms with Gasteiger partial charge in [0.05, 0.1) is 26.1 Å². The van der Waals surface area contributed by atoms with E-state index in [2.05, 4.69) is 62.0 Å². The Morgan fingerprint density at radius 3 is 1.08 bits per heavy atom. The molecular formula is C65H106N2O8S2. The van der Waals surface area contributed by atoms with Crippen LogP contribution in [0.5, 0.6) is 11.5 Å². The lowest BCUT2D eigenvalue weighted by molar-refractivity contribution is -0.143. The maximum Gasteiger partial charge on any atom is 0.311 e. The molecule has 0 atom stereocenters. The molecule has 10 nitrogen and oxygen atoms in total. The Hall–Kier alpha value is -3.58. The van der Waals surface area contributed by atoms with Crippen LogP contribution in [0.3, 0.4) is 0 Å². The molecule has 0 heterocycles. The van der Waals surface area contributed by atoms with Crippen LogP contribution in [0.4, 0.5) is 0 Å². The molecule has 2 aromatic carbocycles. The van der Waals surface area contributed by atoms with Gasteiger partial charge in [0.25, 0.3) is 0 Å². The van der Waals surface area contributed by atoms with Crippen molar-refractivity contribution in [2.45, 2.75) is 219 Å². The number of benzene rings is 2. The average molecular weight is 1110 g/mol. The molecule has 0 saturated heterocycles. The monoisotopic (exact) mass is 1110 g/mol. The summed E-state index contributed by atoms with van der Waals surface area (Å²) in [5.74, 6) is 2.19. The van der Waals surface area contributed by atoms with Gasteiger partial charge in [-0.05, 0) is 127 Å². The second-order valence-electron chi connectivity index (χ2n) is 20.9. The molecular weight excluding hydrogens is 1000 g/mol. The van der Waals surface area contributed by atoms with Gasteiger partial charge < -0.3 is 28.7 Å². The van der Waals surface area contributed by atoms with Gasteiger partial charge in [-0.3, -0.25) is 19.2 Å². The van der Waals surface area contributed by atoms with E-state index in [9.17, 15) is 19.2 Å². The van der Waals surface area contributed by atoms with Crippen molar-refractivity contribution >= 4 is 47.4 Å². The van der Waals surface area contributed by atoms with Crippen molar-refractivity contribution in [1.82, 2.24) is 9.80 Å². The molecule has 12 heteroatoms. The fourth-order valence-electron chi connectivity index (χ4n) is 8.71. The smallest absolute Gasteiger partial charge is 0.311 e. The van der Waals surface area contributed by atoms with E-state index >= 15 is 0 Å². The van der Waals surface area contributed by atoms with Crippen molar-refractivity contribution in [3.05, 3.63) is 84.0 Å². The Bertz CT molecular complexity index is 1680. The number of carbonyl (C=O) groups excluding carboxylic acids is 4. The van der Waals surface area contributed by atoms with E-state index in [1.165, 1.54) is 116 Å². The topological polar surface area (TPSA) is 112 Å². The van der Waals surface area contributed by atoms with Crippen molar-refractivity contribution in [2.24, 2.45) is 0 Å². The lowest BCUT2D eigenvalue weighted by Gasteiger charge is -2.17. The zero-order valence-corrected chi connectivity index (χ0v) is 50.5. The van der Waals surface area contributed by atoms with Crippen LogP contribution in [0.1, 0.15) is 218 Å². The summed E-state index contributed by atoms with van der Waals surface area (Å²) in [6.07, 6.45) is 44.0. The van der Waals surface area contributed by atoms with Crippen LogP contribution >= 0.6 is 23.5 Å². The van der Waals surface area contributed by atoms with Crippen molar-refractivity contribution < 1.29 is 38.1 Å². The average Bonchev–Trinajstić information content (AvgIpc) is 3.42. The molecule has 2 rings (SSSR count). The van der Waals surface area contributed by atoms with E-state index in [0.29, 0.717) is 37.6 Å². The van der Waals surface area contributed by atoms with E-state index in [4.69, 9.17) is 18.9 Å². The number of nitrogens with zero attached hydrogens (tertiary/aromatic N) is 2. The van der Waals surface area contributed by atoms with Gasteiger partial charge in [-0.2, -0.15) is 0 Å². The van der Waals surface area contributed by atoms with Gasteiger partial charge in [0.1, 0.15) is 11.5 Å². The molecule has 0 saturated carbocycles. The maximum atomic E-state index is 12.5. The maximum absolute atomic E-state index is 12.5. The molecule has 0 aliphatic rings. The van der Waals surface area contributed by atoms with Gasteiger partial charge in [0.2, 0.25) is 0 Å². The van der Waals surface area contributed by atoms with E-state index in [-0.39, 0.29) is 36.7 Å². The molecule has 0 spiro atoms. The molecule has 0 amide bonds. The molecule has 0 bridgehead atoms. The summed E-state index contributed by atoms with van der Waals surface area (Å²) in [7, 11) is 4.21. The SMILES string of the molecule is CCCCCCCC/C=C\CCCCCCCC(=O)Oc1ccc(CC(=O)OCCCN(C)CCSCSCCN(C)CCCOC(=O)Cc2ccc(OC(=O)CCCCCCC/C=C\CCCCCCCC)cc2)cc1. The lowest BCUT2D eigenvalue weighted by Crippen LogP contribution is -2.24.